The summed E-state index contributed by atoms with van der Waals surface area (Å²) < 4.78 is 31.4. The molecule has 1 radical (unpaired) electrons. The summed E-state index contributed by atoms with van der Waals surface area (Å²) in [5, 5.41) is 0. The van der Waals surface area contributed by atoms with Gasteiger partial charge in [-0.2, -0.15) is 12.7 Å². The van der Waals surface area contributed by atoms with E-state index in [-0.39, 0.29) is 0 Å². The lowest BCUT2D eigenvalue weighted by atomic mass is 10.3. The summed E-state index contributed by atoms with van der Waals surface area (Å²) in [5.41, 5.74) is 0. The Bertz CT molecular complexity index is 175. The van der Waals surface area contributed by atoms with Gasteiger partial charge < -0.3 is 0 Å². The first-order chi connectivity index (χ1) is 4.48. The van der Waals surface area contributed by atoms with Crippen molar-refractivity contribution in [2.24, 2.45) is 0 Å². The average Bonchev–Trinajstić information content (AvgIpc) is 1.80. The van der Waals surface area contributed by atoms with E-state index in [1.54, 1.807) is 0 Å². The predicted octanol–water partition coefficient (Wildman–Crippen LogP) is 0.394. The summed E-state index contributed by atoms with van der Waals surface area (Å²) in [6.07, 6.45) is 1.62. The third kappa shape index (κ3) is 3.81. The molecule has 10 heavy (non-hydrogen) atoms. The monoisotopic (exact) mass is 166 g/mol. The van der Waals surface area contributed by atoms with E-state index in [2.05, 4.69) is 0 Å². The highest BCUT2D eigenvalue weighted by Crippen LogP contribution is 1.96. The Morgan fingerprint density at radius 3 is 2.20 bits per heavy atom. The Kier molecular flexibility index (Phi) is 3.85. The summed E-state index contributed by atoms with van der Waals surface area (Å²) in [4.78, 5) is 0. The fraction of sp³-hybridized carbons (Fsp3) is 1.00. The summed E-state index contributed by atoms with van der Waals surface area (Å²) in [7, 11) is -2.90. The molecule has 0 aromatic rings. The molecule has 0 aliphatic rings. The third-order valence-corrected chi connectivity index (χ3v) is 2.15. The molecule has 0 aliphatic carbocycles. The van der Waals surface area contributed by atoms with Crippen molar-refractivity contribution in [3.8, 4) is 0 Å². The van der Waals surface area contributed by atoms with Gasteiger partial charge in [-0.1, -0.05) is 17.9 Å². The Hall–Kier alpha value is -0.130. The van der Waals surface area contributed by atoms with Gasteiger partial charge in [0.25, 0.3) is 0 Å². The van der Waals surface area contributed by atoms with Crippen LogP contribution in [0, 0.1) is 0 Å². The highest BCUT2D eigenvalue weighted by atomic mass is 32.2. The largest absolute Gasteiger partial charge is 0.365 e. The average molecular weight is 166 g/mol. The van der Waals surface area contributed by atoms with Crippen LogP contribution in [0.5, 0.6) is 0 Å². The van der Waals surface area contributed by atoms with Crippen molar-refractivity contribution in [2.75, 3.05) is 13.6 Å². The molecule has 0 aromatic heterocycles. The Morgan fingerprint density at radius 2 is 1.90 bits per heavy atom. The number of unbranched alkanes of at least 4 members (excludes halogenated alkanes) is 1. The van der Waals surface area contributed by atoms with Gasteiger partial charge in [0.2, 0.25) is 0 Å². The fourth-order valence-corrected chi connectivity index (χ4v) is 0.845. The summed E-state index contributed by atoms with van der Waals surface area (Å²) in [6.45, 7) is 2.26. The molecule has 4 nitrogen and oxygen atoms in total. The zero-order valence-electron chi connectivity index (χ0n) is 6.20. The second-order valence-corrected chi connectivity index (χ2v) is 3.61. The van der Waals surface area contributed by atoms with Gasteiger partial charge in [-0.25, -0.2) is 0 Å². The van der Waals surface area contributed by atoms with Crippen LogP contribution >= 0.6 is 0 Å². The highest BCUT2D eigenvalue weighted by molar-refractivity contribution is 7.83. The van der Waals surface area contributed by atoms with Gasteiger partial charge in [0.05, 0.1) is 0 Å². The van der Waals surface area contributed by atoms with E-state index in [9.17, 15) is 13.0 Å². The van der Waals surface area contributed by atoms with Gasteiger partial charge in [0.1, 0.15) is 0 Å². The maximum Gasteiger partial charge on any atom is 0.365 e. The molecule has 0 aliphatic heterocycles. The molecule has 0 saturated heterocycles. The first kappa shape index (κ1) is 9.87. The summed E-state index contributed by atoms with van der Waals surface area (Å²) in [6, 6.07) is 0. The van der Waals surface area contributed by atoms with E-state index in [0.717, 1.165) is 17.1 Å². The summed E-state index contributed by atoms with van der Waals surface area (Å²) >= 11 is 0. The lowest BCUT2D eigenvalue weighted by Crippen LogP contribution is -2.25. The van der Waals surface area contributed by atoms with Crippen LogP contribution in [0.2, 0.25) is 0 Å². The number of nitrogens with zero attached hydrogens (tertiary/aromatic N) is 1. The third-order valence-electron chi connectivity index (χ3n) is 1.21. The van der Waals surface area contributed by atoms with Gasteiger partial charge in [-0.15, -0.1) is 0 Å². The van der Waals surface area contributed by atoms with E-state index in [4.69, 9.17) is 0 Å². The van der Waals surface area contributed by atoms with Crippen LogP contribution in [-0.4, -0.2) is 26.3 Å². The van der Waals surface area contributed by atoms with Gasteiger partial charge >= 0.3 is 10.3 Å². The first-order valence-corrected chi connectivity index (χ1v) is 4.52. The van der Waals surface area contributed by atoms with Crippen molar-refractivity contribution in [3.63, 3.8) is 0 Å². The normalized spacial score (nSPS) is 12.4. The van der Waals surface area contributed by atoms with Crippen molar-refractivity contribution < 1.29 is 13.0 Å². The van der Waals surface area contributed by atoms with Gasteiger partial charge in [0, 0.05) is 13.6 Å². The van der Waals surface area contributed by atoms with Crippen LogP contribution in [0.4, 0.5) is 0 Å². The molecule has 0 atom stereocenters. The molecular formula is C5H12NO3S. The maximum atomic E-state index is 10.2. The van der Waals surface area contributed by atoms with E-state index < -0.39 is 10.3 Å². The minimum Gasteiger partial charge on any atom is -0.180 e. The predicted molar refractivity (Wildman–Crippen MR) is 37.1 cm³/mol. The molecule has 0 aromatic carbocycles. The Labute approximate surface area is 61.7 Å². The first-order valence-electron chi connectivity index (χ1n) is 3.15. The summed E-state index contributed by atoms with van der Waals surface area (Å²) in [5.74, 6) is 0. The standard InChI is InChI=1S/C5H12NO3S/c1-3-4-5-6(2)10(7,8)9/h3-5H2,1-2H3. The molecule has 0 N–H and O–H groups in total. The van der Waals surface area contributed by atoms with E-state index in [0.29, 0.717) is 6.54 Å². The van der Waals surface area contributed by atoms with Crippen molar-refractivity contribution in [1.82, 2.24) is 4.31 Å². The molecule has 0 fully saturated rings. The minimum atomic E-state index is -4.19. The molecule has 0 unspecified atom stereocenters. The lowest BCUT2D eigenvalue weighted by molar-refractivity contribution is 0.339. The zero-order valence-corrected chi connectivity index (χ0v) is 7.02. The van der Waals surface area contributed by atoms with Crippen LogP contribution < -0.4 is 0 Å². The van der Waals surface area contributed by atoms with Crippen LogP contribution in [0.1, 0.15) is 19.8 Å². The molecule has 61 valence electrons. The number of hydrogen-bond acceptors (Lipinski definition) is 2. The molecule has 5 heteroatoms. The van der Waals surface area contributed by atoms with Gasteiger partial charge in [0.15, 0.2) is 0 Å². The zero-order chi connectivity index (χ0) is 8.20. The lowest BCUT2D eigenvalue weighted by Gasteiger charge is -2.08. The van der Waals surface area contributed by atoms with Crippen molar-refractivity contribution in [3.05, 3.63) is 0 Å². The molecule has 0 rings (SSSR count). The van der Waals surface area contributed by atoms with Crippen LogP contribution in [0.15, 0.2) is 0 Å². The molecule has 0 spiro atoms. The highest BCUT2D eigenvalue weighted by Gasteiger charge is 2.13. The van der Waals surface area contributed by atoms with E-state index in [1.807, 2.05) is 6.92 Å². The second kappa shape index (κ2) is 3.90. The second-order valence-electron chi connectivity index (χ2n) is 2.13. The molecular weight excluding hydrogens is 154 g/mol. The molecule has 0 bridgehead atoms. The van der Waals surface area contributed by atoms with Crippen molar-refractivity contribution in [2.45, 2.75) is 19.8 Å². The smallest absolute Gasteiger partial charge is 0.180 e. The maximum absolute atomic E-state index is 10.2. The van der Waals surface area contributed by atoms with Crippen LogP contribution in [-0.2, 0) is 14.9 Å². The van der Waals surface area contributed by atoms with Gasteiger partial charge in [-0.3, -0.25) is 0 Å². The molecule has 0 saturated carbocycles. The topological polar surface area (TPSA) is 57.3 Å². The van der Waals surface area contributed by atoms with Crippen molar-refractivity contribution >= 4 is 10.3 Å². The van der Waals surface area contributed by atoms with E-state index in [1.165, 1.54) is 7.05 Å². The SMILES string of the molecule is CCCCN(C)S([O])(=O)=O. The molecule has 0 amide bonds. The Balaban J connectivity index is 3.75. The van der Waals surface area contributed by atoms with Crippen molar-refractivity contribution in [1.29, 1.82) is 0 Å². The minimum absolute atomic E-state index is 0.322. The van der Waals surface area contributed by atoms with Crippen LogP contribution in [0.3, 0.4) is 0 Å². The number of rotatable bonds is 4. The molecule has 0 heterocycles. The number of hydrogen-bond donors (Lipinski definition) is 0. The van der Waals surface area contributed by atoms with E-state index >= 15 is 0 Å². The van der Waals surface area contributed by atoms with Gasteiger partial charge in [-0.05, 0) is 6.42 Å². The Morgan fingerprint density at radius 1 is 1.40 bits per heavy atom. The van der Waals surface area contributed by atoms with Crippen LogP contribution in [0.25, 0.3) is 0 Å². The quantitative estimate of drug-likeness (QED) is 0.606. The fourth-order valence-electron chi connectivity index (χ4n) is 0.493.